The lowest BCUT2D eigenvalue weighted by Gasteiger charge is -2.28. The molecule has 0 amide bonds. The maximum Gasteiger partial charge on any atom is 0.213 e. The topological polar surface area (TPSA) is 144 Å². The molecule has 4 aromatic heterocycles. The van der Waals surface area contributed by atoms with Gasteiger partial charge in [-0.2, -0.15) is 20.3 Å². The van der Waals surface area contributed by atoms with Crippen molar-refractivity contribution in [1.29, 1.82) is 10.5 Å². The zero-order valence-electron chi connectivity index (χ0n) is 35.2. The maximum atomic E-state index is 11.1. The third kappa shape index (κ3) is 7.16. The van der Waals surface area contributed by atoms with Crippen LogP contribution >= 0.6 is 22.7 Å². The smallest absolute Gasteiger partial charge is 0.213 e. The molecule has 60 heavy (non-hydrogen) atoms. The van der Waals surface area contributed by atoms with Crippen LogP contribution in [0.5, 0.6) is 0 Å². The molecule has 0 radical (unpaired) electrons. The highest BCUT2D eigenvalue weighted by atomic mass is 32.1. The van der Waals surface area contributed by atoms with Crippen LogP contribution in [0, 0.1) is 71.1 Å². The summed E-state index contributed by atoms with van der Waals surface area (Å²) in [4.78, 5) is 17.3. The highest BCUT2D eigenvalue weighted by Crippen LogP contribution is 2.47. The lowest BCUT2D eigenvalue weighted by Crippen LogP contribution is -2.17. The van der Waals surface area contributed by atoms with Crippen molar-refractivity contribution in [2.75, 3.05) is 10.2 Å². The fourth-order valence-corrected chi connectivity index (χ4v) is 9.66. The number of nitrogens with one attached hydrogen (secondary N) is 1. The summed E-state index contributed by atoms with van der Waals surface area (Å²) < 4.78 is 3.59. The first kappa shape index (κ1) is 40.0. The molecule has 0 spiro atoms. The molecular formula is C47H43N11S2. The van der Waals surface area contributed by atoms with Gasteiger partial charge in [0.2, 0.25) is 5.13 Å². The number of rotatable bonds is 8. The van der Waals surface area contributed by atoms with Gasteiger partial charge in [0.05, 0.1) is 31.8 Å². The molecule has 0 bridgehead atoms. The number of para-hydroxylation sites is 2. The number of aromatic nitrogens is 5. The van der Waals surface area contributed by atoms with Crippen molar-refractivity contribution in [1.82, 2.24) is 24.7 Å². The second-order valence-electron chi connectivity index (χ2n) is 16.2. The van der Waals surface area contributed by atoms with Gasteiger partial charge in [-0.05, 0) is 95.0 Å². The lowest BCUT2D eigenvalue weighted by atomic mass is 9.90. The molecule has 4 heterocycles. The molecule has 0 aliphatic rings. The molecule has 1 N–H and O–H groups in total. The van der Waals surface area contributed by atoms with Gasteiger partial charge in [0.1, 0.15) is 29.0 Å². The number of aryl methyl sites for hydroxylation is 6. The Balaban J connectivity index is 1.41. The van der Waals surface area contributed by atoms with E-state index in [0.717, 1.165) is 65.2 Å². The summed E-state index contributed by atoms with van der Waals surface area (Å²) in [5.41, 5.74) is 11.3. The van der Waals surface area contributed by atoms with Gasteiger partial charge >= 0.3 is 0 Å². The molecule has 0 aliphatic heterocycles. The molecule has 8 rings (SSSR count). The molecule has 0 saturated heterocycles. The summed E-state index contributed by atoms with van der Waals surface area (Å²) >= 11 is 2.99. The van der Waals surface area contributed by atoms with Crippen LogP contribution in [0.15, 0.2) is 83.0 Å². The van der Waals surface area contributed by atoms with E-state index < -0.39 is 5.41 Å². The number of azo groups is 1. The summed E-state index contributed by atoms with van der Waals surface area (Å²) in [7, 11) is 0. The van der Waals surface area contributed by atoms with Gasteiger partial charge in [-0.1, -0.05) is 103 Å². The number of hydrogen-bond donors (Lipinski definition) is 1. The first-order chi connectivity index (χ1) is 28.7. The molecule has 0 atom stereocenters. The van der Waals surface area contributed by atoms with E-state index in [1.807, 2.05) is 81.1 Å². The monoisotopic (exact) mass is 825 g/mol. The molecule has 0 fully saturated rings. The van der Waals surface area contributed by atoms with E-state index in [9.17, 15) is 10.5 Å². The third-order valence-corrected chi connectivity index (χ3v) is 12.4. The highest BCUT2D eigenvalue weighted by molar-refractivity contribution is 7.22. The van der Waals surface area contributed by atoms with Gasteiger partial charge in [-0.15, -0.1) is 10.2 Å². The van der Waals surface area contributed by atoms with Gasteiger partial charge < -0.3 is 5.32 Å². The van der Waals surface area contributed by atoms with Crippen molar-refractivity contribution in [2.45, 2.75) is 74.7 Å². The molecule has 0 unspecified atom stereocenters. The number of nitrogens with zero attached hydrogens (tertiary/aromatic N) is 10. The van der Waals surface area contributed by atoms with Gasteiger partial charge in [0.25, 0.3) is 0 Å². The summed E-state index contributed by atoms with van der Waals surface area (Å²) in [5, 5.41) is 41.3. The van der Waals surface area contributed by atoms with E-state index in [-0.39, 0.29) is 5.82 Å². The minimum atomic E-state index is -0.492. The second kappa shape index (κ2) is 15.4. The van der Waals surface area contributed by atoms with E-state index in [1.54, 1.807) is 4.68 Å². The van der Waals surface area contributed by atoms with E-state index in [2.05, 4.69) is 83.3 Å². The van der Waals surface area contributed by atoms with E-state index in [0.29, 0.717) is 50.0 Å². The van der Waals surface area contributed by atoms with Gasteiger partial charge in [0.15, 0.2) is 22.6 Å². The van der Waals surface area contributed by atoms with Crippen molar-refractivity contribution in [3.05, 3.63) is 129 Å². The number of pyridine rings is 1. The minimum absolute atomic E-state index is 0.235. The average molecular weight is 826 g/mol. The van der Waals surface area contributed by atoms with E-state index in [4.69, 9.17) is 30.3 Å². The van der Waals surface area contributed by atoms with Crippen molar-refractivity contribution < 1.29 is 0 Å². The first-order valence-corrected chi connectivity index (χ1v) is 21.1. The predicted octanol–water partition coefficient (Wildman–Crippen LogP) is 13.3. The van der Waals surface area contributed by atoms with E-state index in [1.165, 1.54) is 22.7 Å². The molecule has 11 nitrogen and oxygen atoms in total. The zero-order chi connectivity index (χ0) is 42.6. The quantitative estimate of drug-likeness (QED) is 0.149. The Bertz CT molecular complexity index is 3020. The number of nitriles is 2. The zero-order valence-corrected chi connectivity index (χ0v) is 36.8. The van der Waals surface area contributed by atoms with Crippen LogP contribution in [0.4, 0.5) is 39.6 Å². The summed E-state index contributed by atoms with van der Waals surface area (Å²) in [6, 6.07) is 29.2. The summed E-state index contributed by atoms with van der Waals surface area (Å²) in [6.45, 7) is 20.3. The van der Waals surface area contributed by atoms with Crippen molar-refractivity contribution in [3.8, 4) is 17.3 Å². The molecule has 0 aliphatic carbocycles. The van der Waals surface area contributed by atoms with Crippen LogP contribution in [-0.2, 0) is 5.41 Å². The number of thiazole rings is 2. The first-order valence-electron chi connectivity index (χ1n) is 19.5. The summed E-state index contributed by atoms with van der Waals surface area (Å²) in [5.74, 6) is 1.02. The Labute approximate surface area is 357 Å². The van der Waals surface area contributed by atoms with Crippen LogP contribution in [-0.4, -0.2) is 24.7 Å². The second-order valence-corrected chi connectivity index (χ2v) is 18.2. The maximum absolute atomic E-state index is 11.1. The molecule has 298 valence electrons. The van der Waals surface area contributed by atoms with Gasteiger partial charge in [0, 0.05) is 16.7 Å². The fraction of sp³-hybridized carbons (Fsp3) is 0.234. The third-order valence-electron chi connectivity index (χ3n) is 10.4. The Morgan fingerprint density at radius 3 is 1.83 bits per heavy atom. The fourth-order valence-electron chi connectivity index (χ4n) is 7.76. The molecule has 0 saturated carbocycles. The number of fused-ring (bicyclic) bond motifs is 2. The van der Waals surface area contributed by atoms with Crippen molar-refractivity contribution in [3.63, 3.8) is 0 Å². The Hall–Kier alpha value is -6.80. The minimum Gasteiger partial charge on any atom is -0.338 e. The highest BCUT2D eigenvalue weighted by Gasteiger charge is 2.31. The average Bonchev–Trinajstić information content (AvgIpc) is 3.92. The van der Waals surface area contributed by atoms with Crippen molar-refractivity contribution in [2.24, 2.45) is 10.2 Å². The van der Waals surface area contributed by atoms with Gasteiger partial charge in [-0.3, -0.25) is 4.90 Å². The largest absolute Gasteiger partial charge is 0.338 e. The Morgan fingerprint density at radius 1 is 0.700 bits per heavy atom. The SMILES string of the molecule is Cc1cc(C)c(Nc2nc(N(c3nc4ccccc4s3)c3c(C)cc(C)cc3C)c(C#N)c(C)c2N=Nc2c(C#N)c(C(C)(C)C)nn2-c2nc3ccccc3s2)c(C)c1. The van der Waals surface area contributed by atoms with Crippen LogP contribution in [0.25, 0.3) is 25.6 Å². The van der Waals surface area contributed by atoms with Crippen LogP contribution in [0.2, 0.25) is 0 Å². The molecule has 13 heteroatoms. The molecular weight excluding hydrogens is 783 g/mol. The normalized spacial score (nSPS) is 11.7. The molecule has 4 aromatic carbocycles. The lowest BCUT2D eigenvalue weighted by molar-refractivity contribution is 0.559. The van der Waals surface area contributed by atoms with Gasteiger partial charge in [-0.25, -0.2) is 15.0 Å². The van der Waals surface area contributed by atoms with Crippen LogP contribution in [0.3, 0.4) is 0 Å². The van der Waals surface area contributed by atoms with Crippen LogP contribution in [0.1, 0.15) is 76.5 Å². The predicted molar refractivity (Wildman–Crippen MR) is 244 cm³/mol. The summed E-state index contributed by atoms with van der Waals surface area (Å²) in [6.07, 6.45) is 0. The standard InChI is InChI=1S/C47H43N11S2/c1-25-19-27(3)38(28(4)20-25)52-42-39(54-55-44-33(24-49)41(47(8,9)10)56-58(44)46-51-35-16-12-14-18-37(35)60-46)31(7)32(23-48)43(53-42)57(40-29(5)21-26(2)22-30(40)6)45-50-34-15-11-13-17-36(34)59-45/h11-22H,1-10H3,(H,52,53). The number of hydrogen-bond acceptors (Lipinski definition) is 12. The molecule has 8 aromatic rings. The van der Waals surface area contributed by atoms with Crippen molar-refractivity contribution >= 4 is 82.8 Å². The van der Waals surface area contributed by atoms with E-state index >= 15 is 0 Å². The number of benzene rings is 4. The Kier molecular flexibility index (Phi) is 10.3. The Morgan fingerprint density at radius 2 is 1.27 bits per heavy atom. The number of anilines is 5. The van der Waals surface area contributed by atoms with Crippen LogP contribution < -0.4 is 10.2 Å².